The molecule has 2 heterocycles. The van der Waals surface area contributed by atoms with Crippen LogP contribution in [-0.2, 0) is 11.2 Å². The lowest BCUT2D eigenvalue weighted by Crippen LogP contribution is -2.50. The number of ether oxygens (including phenoxy) is 2. The molecule has 0 spiro atoms. The van der Waals surface area contributed by atoms with Crippen molar-refractivity contribution in [1.82, 2.24) is 15.1 Å². The number of carbonyl (C=O) groups excluding carboxylic acids is 2. The molecule has 1 saturated carbocycles. The van der Waals surface area contributed by atoms with Gasteiger partial charge in [0.1, 0.15) is 0 Å². The number of fused-ring (bicyclic) bond motifs is 1. The molecule has 4 rings (SSSR count). The average Bonchev–Trinajstić information content (AvgIpc) is 3.00. The van der Waals surface area contributed by atoms with Crippen LogP contribution in [0.25, 0.3) is 0 Å². The van der Waals surface area contributed by atoms with E-state index in [1.54, 1.807) is 14.2 Å². The van der Waals surface area contributed by atoms with Gasteiger partial charge in [0.25, 0.3) is 0 Å². The van der Waals surface area contributed by atoms with Crippen LogP contribution >= 0.6 is 0 Å². The molecule has 33 heavy (non-hydrogen) atoms. The first-order chi connectivity index (χ1) is 16.1. The Bertz CT molecular complexity index is 824. The molecular weight excluding hydrogens is 418 g/mol. The molecule has 3 aliphatic rings. The Balaban J connectivity index is 1.32. The number of urea groups is 1. The maximum Gasteiger partial charge on any atom is 0.317 e. The number of para-hydroxylation sites is 1. The fourth-order valence-corrected chi connectivity index (χ4v) is 5.82. The van der Waals surface area contributed by atoms with Crippen molar-refractivity contribution in [1.29, 1.82) is 0 Å². The van der Waals surface area contributed by atoms with E-state index in [-0.39, 0.29) is 11.9 Å². The Morgan fingerprint density at radius 3 is 2.58 bits per heavy atom. The van der Waals surface area contributed by atoms with Crippen molar-refractivity contribution in [3.8, 4) is 11.5 Å². The molecule has 1 N–H and O–H groups in total. The summed E-state index contributed by atoms with van der Waals surface area (Å²) in [5.41, 5.74) is 1.05. The maximum absolute atomic E-state index is 13.0. The second-order valence-corrected chi connectivity index (χ2v) is 9.82. The summed E-state index contributed by atoms with van der Waals surface area (Å²) in [4.78, 5) is 29.9. The summed E-state index contributed by atoms with van der Waals surface area (Å²) in [5, 5.41) is 3.26. The highest BCUT2D eigenvalue weighted by atomic mass is 16.5. The number of rotatable bonds is 6. The van der Waals surface area contributed by atoms with Gasteiger partial charge in [-0.05, 0) is 55.6 Å². The Morgan fingerprint density at radius 1 is 1.03 bits per heavy atom. The van der Waals surface area contributed by atoms with Crippen LogP contribution in [0.3, 0.4) is 0 Å². The molecule has 0 aromatic heterocycles. The third kappa shape index (κ3) is 5.74. The number of benzene rings is 1. The van der Waals surface area contributed by atoms with Gasteiger partial charge < -0.3 is 24.6 Å². The highest BCUT2D eigenvalue weighted by Gasteiger charge is 2.36. The highest BCUT2D eigenvalue weighted by molar-refractivity contribution is 5.77. The molecule has 0 unspecified atom stereocenters. The number of nitrogens with one attached hydrogen (secondary N) is 1. The summed E-state index contributed by atoms with van der Waals surface area (Å²) in [5.74, 6) is 2.48. The largest absolute Gasteiger partial charge is 0.493 e. The Kier molecular flexibility index (Phi) is 7.99. The summed E-state index contributed by atoms with van der Waals surface area (Å²) in [6, 6.07) is 6.32. The zero-order valence-corrected chi connectivity index (χ0v) is 20.2. The lowest BCUT2D eigenvalue weighted by atomic mass is 9.82. The minimum Gasteiger partial charge on any atom is -0.493 e. The zero-order chi connectivity index (χ0) is 23.2. The van der Waals surface area contributed by atoms with Crippen molar-refractivity contribution in [2.75, 3.05) is 40.4 Å². The van der Waals surface area contributed by atoms with Crippen LogP contribution in [0, 0.1) is 11.8 Å². The summed E-state index contributed by atoms with van der Waals surface area (Å²) in [6.07, 6.45) is 9.14. The third-order valence-electron chi connectivity index (χ3n) is 7.81. The first-order valence-corrected chi connectivity index (χ1v) is 12.6. The SMILES string of the molecule is COc1cccc(CCN2CC[C@H]3CN(C(=O)NC4CCCCC4)CC[C@H]3CC2=O)c1OC. The molecule has 3 fully saturated rings. The van der Waals surface area contributed by atoms with Crippen molar-refractivity contribution < 1.29 is 19.1 Å². The molecule has 2 aliphatic heterocycles. The quantitative estimate of drug-likeness (QED) is 0.704. The number of amides is 3. The zero-order valence-electron chi connectivity index (χ0n) is 20.2. The van der Waals surface area contributed by atoms with E-state index in [0.717, 1.165) is 68.8 Å². The van der Waals surface area contributed by atoms with Gasteiger partial charge in [-0.1, -0.05) is 31.4 Å². The lowest BCUT2D eigenvalue weighted by Gasteiger charge is -2.38. The van der Waals surface area contributed by atoms with Gasteiger partial charge in [-0.3, -0.25) is 4.79 Å². The van der Waals surface area contributed by atoms with E-state index in [2.05, 4.69) is 5.32 Å². The first kappa shape index (κ1) is 23.7. The molecule has 2 atom stereocenters. The van der Waals surface area contributed by atoms with Crippen LogP contribution in [0.5, 0.6) is 11.5 Å². The van der Waals surface area contributed by atoms with Crippen LogP contribution in [0.2, 0.25) is 0 Å². The number of nitrogens with zero attached hydrogens (tertiary/aromatic N) is 2. The molecule has 1 aromatic rings. The van der Waals surface area contributed by atoms with Crippen LogP contribution in [-0.4, -0.2) is 68.2 Å². The molecule has 7 heteroatoms. The van der Waals surface area contributed by atoms with Gasteiger partial charge in [0, 0.05) is 38.6 Å². The molecule has 2 saturated heterocycles. The highest BCUT2D eigenvalue weighted by Crippen LogP contribution is 2.34. The Labute approximate surface area is 197 Å². The number of hydrogen-bond acceptors (Lipinski definition) is 4. The van der Waals surface area contributed by atoms with Gasteiger partial charge in [0.2, 0.25) is 5.91 Å². The maximum atomic E-state index is 13.0. The van der Waals surface area contributed by atoms with Crippen molar-refractivity contribution in [3.63, 3.8) is 0 Å². The topological polar surface area (TPSA) is 71.1 Å². The predicted molar refractivity (Wildman–Crippen MR) is 128 cm³/mol. The molecule has 3 amide bonds. The van der Waals surface area contributed by atoms with Crippen molar-refractivity contribution in [2.24, 2.45) is 11.8 Å². The minimum atomic E-state index is 0.0953. The van der Waals surface area contributed by atoms with Gasteiger partial charge in [0.05, 0.1) is 14.2 Å². The van der Waals surface area contributed by atoms with E-state index in [1.165, 1.54) is 19.3 Å². The molecule has 7 nitrogen and oxygen atoms in total. The monoisotopic (exact) mass is 457 g/mol. The van der Waals surface area contributed by atoms with E-state index in [9.17, 15) is 9.59 Å². The van der Waals surface area contributed by atoms with Gasteiger partial charge >= 0.3 is 6.03 Å². The predicted octanol–water partition coefficient (Wildman–Crippen LogP) is 3.85. The number of hydrogen-bond donors (Lipinski definition) is 1. The average molecular weight is 458 g/mol. The van der Waals surface area contributed by atoms with Gasteiger partial charge in [-0.25, -0.2) is 4.79 Å². The Morgan fingerprint density at radius 2 is 1.82 bits per heavy atom. The van der Waals surface area contributed by atoms with E-state index < -0.39 is 0 Å². The fraction of sp³-hybridized carbons (Fsp3) is 0.692. The second-order valence-electron chi connectivity index (χ2n) is 9.82. The molecular formula is C26H39N3O4. The van der Waals surface area contributed by atoms with Crippen molar-refractivity contribution in [2.45, 2.75) is 63.8 Å². The molecule has 0 bridgehead atoms. The first-order valence-electron chi connectivity index (χ1n) is 12.6. The summed E-state index contributed by atoms with van der Waals surface area (Å²) in [7, 11) is 3.29. The van der Waals surface area contributed by atoms with E-state index in [0.29, 0.717) is 30.8 Å². The summed E-state index contributed by atoms with van der Waals surface area (Å²) in [6.45, 7) is 2.96. The number of likely N-dealkylation sites (tertiary alicyclic amines) is 2. The van der Waals surface area contributed by atoms with Crippen LogP contribution in [0.15, 0.2) is 18.2 Å². The van der Waals surface area contributed by atoms with E-state index in [1.807, 2.05) is 28.0 Å². The lowest BCUT2D eigenvalue weighted by molar-refractivity contribution is -0.131. The van der Waals surface area contributed by atoms with E-state index >= 15 is 0 Å². The van der Waals surface area contributed by atoms with Gasteiger partial charge in [-0.2, -0.15) is 0 Å². The molecule has 1 aromatic carbocycles. The number of methoxy groups -OCH3 is 2. The van der Waals surface area contributed by atoms with Crippen LogP contribution < -0.4 is 14.8 Å². The van der Waals surface area contributed by atoms with E-state index in [4.69, 9.17) is 9.47 Å². The number of piperidine rings is 1. The second kappa shape index (κ2) is 11.1. The summed E-state index contributed by atoms with van der Waals surface area (Å²) >= 11 is 0. The molecule has 182 valence electrons. The van der Waals surface area contributed by atoms with Crippen molar-refractivity contribution >= 4 is 11.9 Å². The van der Waals surface area contributed by atoms with Crippen LogP contribution in [0.1, 0.15) is 56.9 Å². The fourth-order valence-electron chi connectivity index (χ4n) is 5.82. The molecule has 1 aliphatic carbocycles. The normalized spacial score (nSPS) is 24.1. The smallest absolute Gasteiger partial charge is 0.317 e. The van der Waals surface area contributed by atoms with Gasteiger partial charge in [0.15, 0.2) is 11.5 Å². The van der Waals surface area contributed by atoms with Crippen LogP contribution in [0.4, 0.5) is 4.79 Å². The number of carbonyl (C=O) groups is 2. The standard InChI is InChI=1S/C26H39N3O4/c1-32-23-10-6-7-19(25(23)33-2)11-14-28-15-13-21-18-29(16-12-20(21)17-24(28)30)26(31)27-22-8-4-3-5-9-22/h6-7,10,20-22H,3-5,8-9,11-18H2,1-2H3,(H,27,31)/t20-,21-/m0/s1. The molecule has 0 radical (unpaired) electrons. The Hall–Kier alpha value is -2.44. The minimum absolute atomic E-state index is 0.0953. The van der Waals surface area contributed by atoms with Crippen molar-refractivity contribution in [3.05, 3.63) is 23.8 Å². The third-order valence-corrected chi connectivity index (χ3v) is 7.81. The summed E-state index contributed by atoms with van der Waals surface area (Å²) < 4.78 is 11.0. The van der Waals surface area contributed by atoms with Gasteiger partial charge in [-0.15, -0.1) is 0 Å².